The Morgan fingerprint density at radius 1 is 1.45 bits per heavy atom. The summed E-state index contributed by atoms with van der Waals surface area (Å²) in [5.41, 5.74) is 2.43. The summed E-state index contributed by atoms with van der Waals surface area (Å²) in [5.74, 6) is -0.744. The zero-order valence-corrected chi connectivity index (χ0v) is 12.7. The Morgan fingerprint density at radius 3 is 2.80 bits per heavy atom. The van der Waals surface area contributed by atoms with Crippen LogP contribution in [0.2, 0.25) is 0 Å². The predicted molar refractivity (Wildman–Crippen MR) is 80.4 cm³/mol. The fourth-order valence-electron chi connectivity index (χ4n) is 2.49. The van der Waals surface area contributed by atoms with Crippen LogP contribution in [0, 0.1) is 6.92 Å². The number of carboxylic acid groups (broad SMARTS) is 1. The number of carboxylic acids is 1. The van der Waals surface area contributed by atoms with E-state index in [0.717, 1.165) is 6.54 Å². The summed E-state index contributed by atoms with van der Waals surface area (Å²) in [5, 5.41) is 8.80. The van der Waals surface area contributed by atoms with E-state index in [2.05, 4.69) is 30.9 Å². The maximum atomic E-state index is 10.7. The first-order valence-corrected chi connectivity index (χ1v) is 6.71. The van der Waals surface area contributed by atoms with Crippen LogP contribution in [0.5, 0.6) is 0 Å². The van der Waals surface area contributed by atoms with E-state index in [-0.39, 0.29) is 31.0 Å². The molecule has 0 radical (unpaired) electrons. The Kier molecular flexibility index (Phi) is 6.46. The Balaban J connectivity index is 0.00000200. The number of aryl methyl sites for hydroxylation is 1. The molecule has 1 aromatic rings. The van der Waals surface area contributed by atoms with Gasteiger partial charge in [-0.15, -0.1) is 12.4 Å². The fourth-order valence-corrected chi connectivity index (χ4v) is 2.49. The molecule has 1 saturated heterocycles. The number of nitrogens with zero attached hydrogens (tertiary/aromatic N) is 1. The predicted octanol–water partition coefficient (Wildman–Crippen LogP) is 2.65. The van der Waals surface area contributed by atoms with Crippen LogP contribution in [0.3, 0.4) is 0 Å². The summed E-state index contributed by atoms with van der Waals surface area (Å²) in [7, 11) is 0. The molecule has 0 saturated carbocycles. The monoisotopic (exact) mass is 299 g/mol. The molecule has 5 heteroatoms. The van der Waals surface area contributed by atoms with Crippen molar-refractivity contribution in [2.75, 3.05) is 19.7 Å². The minimum atomic E-state index is -0.744. The Hall–Kier alpha value is -1.10. The normalized spacial score (nSPS) is 23.1. The summed E-state index contributed by atoms with van der Waals surface area (Å²) in [6.07, 6.45) is 0.233. The van der Waals surface area contributed by atoms with Crippen molar-refractivity contribution < 1.29 is 14.6 Å². The van der Waals surface area contributed by atoms with E-state index in [4.69, 9.17) is 9.84 Å². The van der Waals surface area contributed by atoms with Gasteiger partial charge in [-0.25, -0.2) is 0 Å². The highest BCUT2D eigenvalue weighted by atomic mass is 35.5. The number of rotatable bonds is 4. The van der Waals surface area contributed by atoms with Gasteiger partial charge in [0.1, 0.15) is 0 Å². The molecule has 1 aromatic carbocycles. The van der Waals surface area contributed by atoms with E-state index >= 15 is 0 Å². The highest BCUT2D eigenvalue weighted by Gasteiger charge is 2.27. The van der Waals surface area contributed by atoms with E-state index in [1.807, 2.05) is 12.1 Å². The van der Waals surface area contributed by atoms with Gasteiger partial charge < -0.3 is 9.84 Å². The van der Waals surface area contributed by atoms with Crippen molar-refractivity contribution in [3.05, 3.63) is 35.4 Å². The van der Waals surface area contributed by atoms with Crippen molar-refractivity contribution in [2.24, 2.45) is 0 Å². The van der Waals surface area contributed by atoms with Crippen molar-refractivity contribution in [1.29, 1.82) is 0 Å². The average Bonchev–Trinajstić information content (AvgIpc) is 2.38. The molecule has 4 nitrogen and oxygen atoms in total. The van der Waals surface area contributed by atoms with Crippen LogP contribution >= 0.6 is 12.4 Å². The summed E-state index contributed by atoms with van der Waals surface area (Å²) in [4.78, 5) is 12.9. The van der Waals surface area contributed by atoms with Gasteiger partial charge in [0.2, 0.25) is 0 Å². The van der Waals surface area contributed by atoms with Gasteiger partial charge in [-0.3, -0.25) is 9.69 Å². The number of benzene rings is 1. The quantitative estimate of drug-likeness (QED) is 0.928. The van der Waals surface area contributed by atoms with Gasteiger partial charge in [0, 0.05) is 19.1 Å². The second-order valence-corrected chi connectivity index (χ2v) is 5.17. The van der Waals surface area contributed by atoms with E-state index < -0.39 is 5.97 Å². The van der Waals surface area contributed by atoms with Crippen LogP contribution < -0.4 is 0 Å². The van der Waals surface area contributed by atoms with E-state index in [9.17, 15) is 4.79 Å². The molecule has 2 atom stereocenters. The smallest absolute Gasteiger partial charge is 0.304 e. The molecule has 2 rings (SSSR count). The lowest BCUT2D eigenvalue weighted by molar-refractivity contribution is -0.138. The largest absolute Gasteiger partial charge is 0.481 e. The van der Waals surface area contributed by atoms with Gasteiger partial charge in [-0.1, -0.05) is 24.3 Å². The van der Waals surface area contributed by atoms with Gasteiger partial charge in [0.25, 0.3) is 0 Å². The summed E-state index contributed by atoms with van der Waals surface area (Å²) >= 11 is 0. The molecule has 0 amide bonds. The second kappa shape index (κ2) is 7.62. The van der Waals surface area contributed by atoms with Gasteiger partial charge in [-0.2, -0.15) is 0 Å². The highest BCUT2D eigenvalue weighted by molar-refractivity contribution is 5.85. The Labute approximate surface area is 126 Å². The van der Waals surface area contributed by atoms with Crippen molar-refractivity contribution >= 4 is 18.4 Å². The zero-order valence-electron chi connectivity index (χ0n) is 11.9. The van der Waals surface area contributed by atoms with Gasteiger partial charge in [0.15, 0.2) is 0 Å². The van der Waals surface area contributed by atoms with Crippen LogP contribution in [0.25, 0.3) is 0 Å². The molecule has 0 spiro atoms. The summed E-state index contributed by atoms with van der Waals surface area (Å²) < 4.78 is 5.91. The van der Waals surface area contributed by atoms with Crippen molar-refractivity contribution in [2.45, 2.75) is 32.4 Å². The molecule has 1 N–H and O–H groups in total. The topological polar surface area (TPSA) is 49.8 Å². The summed E-state index contributed by atoms with van der Waals surface area (Å²) in [6, 6.07) is 8.49. The maximum Gasteiger partial charge on any atom is 0.304 e. The molecule has 1 aliphatic heterocycles. The van der Waals surface area contributed by atoms with Gasteiger partial charge in [-0.05, 0) is 25.0 Å². The molecule has 0 aliphatic carbocycles. The van der Waals surface area contributed by atoms with Crippen LogP contribution in [-0.4, -0.2) is 41.7 Å². The molecular weight excluding hydrogens is 278 g/mol. The molecule has 1 heterocycles. The third kappa shape index (κ3) is 4.20. The lowest BCUT2D eigenvalue weighted by atomic mass is 10.0. The van der Waals surface area contributed by atoms with Crippen LogP contribution in [0.4, 0.5) is 0 Å². The zero-order chi connectivity index (χ0) is 13.8. The van der Waals surface area contributed by atoms with Crippen molar-refractivity contribution in [3.63, 3.8) is 0 Å². The molecule has 0 bridgehead atoms. The third-order valence-electron chi connectivity index (χ3n) is 3.71. The number of ether oxygens (including phenoxy) is 1. The highest BCUT2D eigenvalue weighted by Crippen LogP contribution is 2.27. The standard InChI is InChI=1S/C15H21NO3.ClH/c1-11-5-3-4-6-13(11)14-9-16(8-7-15(17)18)12(2)10-19-14;/h3-6,12,14H,7-10H2,1-2H3,(H,17,18);1H. The third-order valence-corrected chi connectivity index (χ3v) is 3.71. The first-order chi connectivity index (χ1) is 9.08. The van der Waals surface area contributed by atoms with E-state index in [1.54, 1.807) is 0 Å². The SMILES string of the molecule is Cc1ccccc1C1CN(CCC(=O)O)C(C)CO1.Cl. The van der Waals surface area contributed by atoms with Crippen LogP contribution in [0.15, 0.2) is 24.3 Å². The van der Waals surface area contributed by atoms with Crippen molar-refractivity contribution in [1.82, 2.24) is 4.90 Å². The number of carbonyl (C=O) groups is 1. The lowest BCUT2D eigenvalue weighted by Crippen LogP contribution is -2.45. The van der Waals surface area contributed by atoms with E-state index in [0.29, 0.717) is 13.2 Å². The number of hydrogen-bond donors (Lipinski definition) is 1. The molecule has 1 aliphatic rings. The Bertz CT molecular complexity index is 452. The number of aliphatic carboxylic acids is 1. The van der Waals surface area contributed by atoms with E-state index in [1.165, 1.54) is 11.1 Å². The molecule has 20 heavy (non-hydrogen) atoms. The average molecular weight is 300 g/mol. The van der Waals surface area contributed by atoms with Crippen LogP contribution in [0.1, 0.15) is 30.6 Å². The minimum Gasteiger partial charge on any atom is -0.481 e. The molecular formula is C15H22ClNO3. The Morgan fingerprint density at radius 2 is 2.15 bits per heavy atom. The van der Waals surface area contributed by atoms with Gasteiger partial charge >= 0.3 is 5.97 Å². The number of morpholine rings is 1. The lowest BCUT2D eigenvalue weighted by Gasteiger charge is -2.38. The molecule has 0 aromatic heterocycles. The number of halogens is 1. The first-order valence-electron chi connectivity index (χ1n) is 6.71. The number of hydrogen-bond acceptors (Lipinski definition) is 3. The van der Waals surface area contributed by atoms with Crippen molar-refractivity contribution in [3.8, 4) is 0 Å². The molecule has 2 unspecified atom stereocenters. The maximum absolute atomic E-state index is 10.7. The van der Waals surface area contributed by atoms with Crippen LogP contribution in [-0.2, 0) is 9.53 Å². The molecule has 1 fully saturated rings. The minimum absolute atomic E-state index is 0. The summed E-state index contributed by atoms with van der Waals surface area (Å²) in [6.45, 7) is 6.16. The second-order valence-electron chi connectivity index (χ2n) is 5.17. The fraction of sp³-hybridized carbons (Fsp3) is 0.533. The molecule has 112 valence electrons. The first kappa shape index (κ1) is 17.0. The van der Waals surface area contributed by atoms with Gasteiger partial charge in [0.05, 0.1) is 19.1 Å².